The molecule has 0 bridgehead atoms. The summed E-state index contributed by atoms with van der Waals surface area (Å²) in [6, 6.07) is 0. The summed E-state index contributed by atoms with van der Waals surface area (Å²) < 4.78 is 1.28. The number of carbonyl (C=O) groups is 1. The van der Waals surface area contributed by atoms with Gasteiger partial charge in [0.25, 0.3) is 0 Å². The van der Waals surface area contributed by atoms with Gasteiger partial charge in [0, 0.05) is 31.8 Å². The lowest BCUT2D eigenvalue weighted by molar-refractivity contribution is -0.137. The van der Waals surface area contributed by atoms with Crippen molar-refractivity contribution in [2.24, 2.45) is 0 Å². The Morgan fingerprint density at radius 1 is 1.44 bits per heavy atom. The van der Waals surface area contributed by atoms with Crippen LogP contribution in [0.4, 0.5) is 11.9 Å². The topological polar surface area (TPSA) is 91.2 Å². The number of carboxylic acids is 1. The lowest BCUT2D eigenvalue weighted by Crippen LogP contribution is -2.11. The van der Waals surface area contributed by atoms with Crippen molar-refractivity contribution >= 4 is 29.6 Å². The highest BCUT2D eigenvalue weighted by Gasteiger charge is 2.03. The Kier molecular flexibility index (Phi) is 6.13. The molecule has 0 atom stereocenters. The van der Waals surface area contributed by atoms with Gasteiger partial charge in [0.15, 0.2) is 0 Å². The molecule has 18 heavy (non-hydrogen) atoms. The Morgan fingerprint density at radius 2 is 2.22 bits per heavy atom. The molecule has 1 aromatic heterocycles. The zero-order valence-electron chi connectivity index (χ0n) is 10.1. The number of carboxylic acid groups (broad SMARTS) is 1. The fourth-order valence-electron chi connectivity index (χ4n) is 1.30. The van der Waals surface area contributed by atoms with Gasteiger partial charge in [0.05, 0.1) is 0 Å². The Morgan fingerprint density at radius 3 is 2.89 bits per heavy atom. The maximum absolute atomic E-state index is 10.3. The van der Waals surface area contributed by atoms with Crippen molar-refractivity contribution in [3.05, 3.63) is 6.33 Å². The number of rotatable bonds is 8. The van der Waals surface area contributed by atoms with Crippen LogP contribution in [0.3, 0.4) is 0 Å². The van der Waals surface area contributed by atoms with Gasteiger partial charge in [0.1, 0.15) is 6.33 Å². The number of hydrogen-bond acceptors (Lipinski definition) is 6. The van der Waals surface area contributed by atoms with Gasteiger partial charge in [-0.1, -0.05) is 6.42 Å². The van der Waals surface area contributed by atoms with Crippen molar-refractivity contribution in [2.75, 3.05) is 23.3 Å². The molecule has 1 rings (SSSR count). The first kappa shape index (κ1) is 14.4. The van der Waals surface area contributed by atoms with Gasteiger partial charge in [-0.15, -0.1) is 0 Å². The van der Waals surface area contributed by atoms with Gasteiger partial charge < -0.3 is 10.4 Å². The van der Waals surface area contributed by atoms with Crippen LogP contribution in [0.15, 0.2) is 6.33 Å². The van der Waals surface area contributed by atoms with Gasteiger partial charge in [0.2, 0.25) is 11.9 Å². The number of hydrogen-bond donors (Lipinski definition) is 2. The molecule has 8 heteroatoms. The summed E-state index contributed by atoms with van der Waals surface area (Å²) in [6.45, 7) is 0.690. The summed E-state index contributed by atoms with van der Waals surface area (Å²) in [7, 11) is 1.63. The van der Waals surface area contributed by atoms with E-state index in [4.69, 9.17) is 16.9 Å². The van der Waals surface area contributed by atoms with E-state index in [1.54, 1.807) is 7.05 Å². The Bertz CT molecular complexity index is 388. The second-order valence-electron chi connectivity index (χ2n) is 3.72. The molecular formula is C10H16ClN5O2. The molecule has 100 valence electrons. The molecule has 0 saturated heterocycles. The predicted octanol–water partition coefficient (Wildman–Crippen LogP) is 1.52. The molecule has 7 nitrogen and oxygen atoms in total. The molecule has 0 unspecified atom stereocenters. The summed E-state index contributed by atoms with van der Waals surface area (Å²) in [5, 5.41) is 11.5. The molecule has 0 fully saturated rings. The zero-order valence-corrected chi connectivity index (χ0v) is 10.9. The zero-order chi connectivity index (χ0) is 13.4. The Balaban J connectivity index is 2.23. The van der Waals surface area contributed by atoms with E-state index in [9.17, 15) is 4.79 Å². The number of aromatic nitrogens is 3. The average molecular weight is 274 g/mol. The van der Waals surface area contributed by atoms with Crippen molar-refractivity contribution in [1.29, 1.82) is 0 Å². The van der Waals surface area contributed by atoms with Crippen LogP contribution < -0.4 is 9.74 Å². The second kappa shape index (κ2) is 7.65. The van der Waals surface area contributed by atoms with Crippen LogP contribution in [0, 0.1) is 0 Å². The van der Waals surface area contributed by atoms with Crippen molar-refractivity contribution in [1.82, 2.24) is 15.0 Å². The third kappa shape index (κ3) is 5.62. The van der Waals surface area contributed by atoms with Crippen molar-refractivity contribution in [2.45, 2.75) is 25.7 Å². The lowest BCUT2D eigenvalue weighted by Gasteiger charge is -2.08. The smallest absolute Gasteiger partial charge is 0.303 e. The fourth-order valence-corrected chi connectivity index (χ4v) is 1.38. The van der Waals surface area contributed by atoms with E-state index in [-0.39, 0.29) is 6.42 Å². The Hall–Kier alpha value is -1.63. The Labute approximate surface area is 110 Å². The predicted molar refractivity (Wildman–Crippen MR) is 68.7 cm³/mol. The largest absolute Gasteiger partial charge is 0.481 e. The minimum absolute atomic E-state index is 0.215. The molecule has 0 aliphatic carbocycles. The first-order valence-corrected chi connectivity index (χ1v) is 5.97. The van der Waals surface area contributed by atoms with Gasteiger partial charge in [-0.25, -0.2) is 9.97 Å². The van der Waals surface area contributed by atoms with E-state index in [1.807, 2.05) is 0 Å². The van der Waals surface area contributed by atoms with Crippen molar-refractivity contribution in [3.8, 4) is 0 Å². The van der Waals surface area contributed by atoms with E-state index in [0.29, 0.717) is 24.9 Å². The SMILES string of the molecule is CN(Cl)c1ncnc(NCCCCCC(=O)O)n1. The highest BCUT2D eigenvalue weighted by atomic mass is 35.5. The highest BCUT2D eigenvalue weighted by Crippen LogP contribution is 2.08. The minimum Gasteiger partial charge on any atom is -0.481 e. The number of anilines is 2. The summed E-state index contributed by atoms with van der Waals surface area (Å²) in [4.78, 5) is 22.2. The second-order valence-corrected chi connectivity index (χ2v) is 4.22. The third-order valence-electron chi connectivity index (χ3n) is 2.19. The quantitative estimate of drug-likeness (QED) is 0.548. The molecule has 0 saturated carbocycles. The van der Waals surface area contributed by atoms with Crippen molar-refractivity contribution < 1.29 is 9.90 Å². The summed E-state index contributed by atoms with van der Waals surface area (Å²) in [5.41, 5.74) is 0. The fraction of sp³-hybridized carbons (Fsp3) is 0.600. The van der Waals surface area contributed by atoms with Crippen LogP contribution in [-0.4, -0.2) is 39.6 Å². The summed E-state index contributed by atoms with van der Waals surface area (Å²) in [5.74, 6) is 0.0843. The average Bonchev–Trinajstić information content (AvgIpc) is 2.33. The van der Waals surface area contributed by atoms with Crippen LogP contribution in [-0.2, 0) is 4.79 Å². The molecule has 0 radical (unpaired) electrons. The molecule has 2 N–H and O–H groups in total. The van der Waals surface area contributed by atoms with Crippen LogP contribution in [0.2, 0.25) is 0 Å². The first-order chi connectivity index (χ1) is 8.59. The first-order valence-electron chi connectivity index (χ1n) is 5.64. The number of unbranched alkanes of at least 4 members (excludes halogenated alkanes) is 2. The standard InChI is InChI=1S/C10H16ClN5O2/c1-16(11)10-14-7-13-9(15-10)12-6-4-2-3-5-8(17)18/h7H,2-6H2,1H3,(H,17,18)(H,12,13,14,15). The van der Waals surface area contributed by atoms with Crippen LogP contribution in [0.5, 0.6) is 0 Å². The number of nitrogens with one attached hydrogen (secondary N) is 1. The molecule has 1 heterocycles. The normalized spacial score (nSPS) is 10.1. The molecule has 0 aliphatic rings. The van der Waals surface area contributed by atoms with Gasteiger partial charge >= 0.3 is 5.97 Å². The molecule has 0 aliphatic heterocycles. The van der Waals surface area contributed by atoms with E-state index >= 15 is 0 Å². The van der Waals surface area contributed by atoms with E-state index in [0.717, 1.165) is 12.8 Å². The minimum atomic E-state index is -0.754. The van der Waals surface area contributed by atoms with Gasteiger partial charge in [-0.05, 0) is 12.8 Å². The lowest BCUT2D eigenvalue weighted by atomic mass is 10.2. The van der Waals surface area contributed by atoms with Crippen LogP contribution >= 0.6 is 11.8 Å². The van der Waals surface area contributed by atoms with E-state index < -0.39 is 5.97 Å². The van der Waals surface area contributed by atoms with Crippen LogP contribution in [0.25, 0.3) is 0 Å². The maximum atomic E-state index is 10.3. The number of nitrogens with zero attached hydrogens (tertiary/aromatic N) is 4. The number of aliphatic carboxylic acids is 1. The summed E-state index contributed by atoms with van der Waals surface area (Å²) in [6.07, 6.45) is 4.00. The molecule has 1 aromatic rings. The monoisotopic (exact) mass is 273 g/mol. The van der Waals surface area contributed by atoms with Gasteiger partial charge in [-0.2, -0.15) is 4.98 Å². The summed E-state index contributed by atoms with van der Waals surface area (Å²) >= 11 is 5.70. The van der Waals surface area contributed by atoms with Crippen LogP contribution in [0.1, 0.15) is 25.7 Å². The maximum Gasteiger partial charge on any atom is 0.303 e. The molecular weight excluding hydrogens is 258 g/mol. The molecule has 0 spiro atoms. The van der Waals surface area contributed by atoms with Gasteiger partial charge in [-0.3, -0.25) is 9.21 Å². The highest BCUT2D eigenvalue weighted by molar-refractivity contribution is 6.24. The molecule has 0 aromatic carbocycles. The van der Waals surface area contributed by atoms with E-state index in [2.05, 4.69) is 20.3 Å². The third-order valence-corrected chi connectivity index (χ3v) is 2.34. The number of halogens is 1. The van der Waals surface area contributed by atoms with E-state index in [1.165, 1.54) is 10.7 Å². The molecule has 0 amide bonds. The van der Waals surface area contributed by atoms with Crippen molar-refractivity contribution in [3.63, 3.8) is 0 Å².